The van der Waals surface area contributed by atoms with Crippen LogP contribution < -0.4 is 5.32 Å². The van der Waals surface area contributed by atoms with E-state index >= 15 is 0 Å². The van der Waals surface area contributed by atoms with E-state index in [9.17, 15) is 0 Å². The highest BCUT2D eigenvalue weighted by Crippen LogP contribution is 2.20. The smallest absolute Gasteiger partial charge is 0.0331 e. The molecular weight excluding hydrogens is 240 g/mol. The number of rotatable bonds is 4. The molecule has 1 aromatic heterocycles. The van der Waals surface area contributed by atoms with Gasteiger partial charge in [0.2, 0.25) is 0 Å². The third-order valence-electron chi connectivity index (χ3n) is 4.29. The molecule has 1 aliphatic heterocycles. The summed E-state index contributed by atoms with van der Waals surface area (Å²) in [6, 6.07) is 5.76. The summed E-state index contributed by atoms with van der Waals surface area (Å²) in [6.07, 6.45) is 2.52. The maximum atomic E-state index is 3.73. The van der Waals surface area contributed by atoms with E-state index < -0.39 is 0 Å². The zero-order valence-electron chi connectivity index (χ0n) is 11.9. The first-order chi connectivity index (χ1) is 8.70. The van der Waals surface area contributed by atoms with E-state index in [-0.39, 0.29) is 0 Å². The van der Waals surface area contributed by atoms with E-state index in [1.807, 2.05) is 11.3 Å². The third-order valence-corrected chi connectivity index (χ3v) is 5.15. The Hall–Kier alpha value is -0.380. The summed E-state index contributed by atoms with van der Waals surface area (Å²) >= 11 is 1.88. The lowest BCUT2D eigenvalue weighted by Gasteiger charge is -2.30. The van der Waals surface area contributed by atoms with Gasteiger partial charge >= 0.3 is 0 Å². The van der Waals surface area contributed by atoms with Crippen LogP contribution in [0.3, 0.4) is 0 Å². The van der Waals surface area contributed by atoms with Crippen molar-refractivity contribution in [2.75, 3.05) is 13.1 Å². The van der Waals surface area contributed by atoms with Crippen molar-refractivity contribution in [3.05, 3.63) is 22.4 Å². The molecule has 0 spiro atoms. The lowest BCUT2D eigenvalue weighted by Crippen LogP contribution is -2.43. The first-order valence-corrected chi connectivity index (χ1v) is 8.08. The van der Waals surface area contributed by atoms with Crippen LogP contribution in [0.25, 0.3) is 0 Å². The molecule has 0 bridgehead atoms. The van der Waals surface area contributed by atoms with E-state index in [0.29, 0.717) is 12.1 Å². The van der Waals surface area contributed by atoms with Crippen molar-refractivity contribution in [3.8, 4) is 0 Å². The minimum absolute atomic E-state index is 0.653. The van der Waals surface area contributed by atoms with E-state index in [4.69, 9.17) is 0 Å². The molecule has 0 saturated carbocycles. The van der Waals surface area contributed by atoms with Gasteiger partial charge in [0.1, 0.15) is 0 Å². The Morgan fingerprint density at radius 3 is 3.06 bits per heavy atom. The minimum atomic E-state index is 0.653. The molecule has 0 amide bonds. The molecule has 0 radical (unpaired) electrons. The van der Waals surface area contributed by atoms with Gasteiger partial charge in [-0.1, -0.05) is 26.3 Å². The predicted molar refractivity (Wildman–Crippen MR) is 80.1 cm³/mol. The van der Waals surface area contributed by atoms with Crippen LogP contribution in [-0.4, -0.2) is 30.1 Å². The highest BCUT2D eigenvalue weighted by atomic mass is 32.1. The molecule has 3 unspecified atom stereocenters. The number of hydrogen-bond donors (Lipinski definition) is 1. The van der Waals surface area contributed by atoms with Crippen LogP contribution in [0.15, 0.2) is 17.5 Å². The van der Waals surface area contributed by atoms with Crippen LogP contribution in [0.1, 0.15) is 38.5 Å². The number of thiophene rings is 1. The average molecular weight is 266 g/mol. The number of nitrogens with one attached hydrogen (secondary N) is 1. The molecule has 1 aromatic rings. The molecule has 1 N–H and O–H groups in total. The van der Waals surface area contributed by atoms with Gasteiger partial charge in [0.25, 0.3) is 0 Å². The van der Waals surface area contributed by atoms with Gasteiger partial charge in [-0.15, -0.1) is 11.3 Å². The molecule has 1 saturated heterocycles. The Labute approximate surface area is 115 Å². The third kappa shape index (κ3) is 3.56. The van der Waals surface area contributed by atoms with Crippen LogP contribution in [-0.2, 0) is 6.54 Å². The second kappa shape index (κ2) is 6.69. The Morgan fingerprint density at radius 2 is 2.39 bits per heavy atom. The Bertz CT molecular complexity index is 336. The summed E-state index contributed by atoms with van der Waals surface area (Å²) in [7, 11) is 0. The van der Waals surface area contributed by atoms with Crippen LogP contribution in [0.5, 0.6) is 0 Å². The fourth-order valence-corrected chi connectivity index (χ4v) is 3.38. The van der Waals surface area contributed by atoms with Crippen molar-refractivity contribution in [1.82, 2.24) is 10.2 Å². The van der Waals surface area contributed by atoms with E-state index in [0.717, 1.165) is 19.0 Å². The normalized spacial score (nSPS) is 27.9. The van der Waals surface area contributed by atoms with Crippen molar-refractivity contribution in [2.24, 2.45) is 5.92 Å². The molecule has 3 heteroatoms. The average Bonchev–Trinajstić information content (AvgIpc) is 2.81. The highest BCUT2D eigenvalue weighted by Gasteiger charge is 2.25. The fraction of sp³-hybridized carbons (Fsp3) is 0.733. The largest absolute Gasteiger partial charge is 0.312 e. The van der Waals surface area contributed by atoms with Crippen molar-refractivity contribution < 1.29 is 0 Å². The molecular formula is C15H26N2S. The molecule has 2 rings (SSSR count). The molecule has 2 heterocycles. The van der Waals surface area contributed by atoms with Crippen molar-refractivity contribution in [2.45, 2.75) is 52.2 Å². The second-order valence-electron chi connectivity index (χ2n) is 5.59. The van der Waals surface area contributed by atoms with Crippen LogP contribution in [0, 0.1) is 5.92 Å². The Kier molecular flexibility index (Phi) is 5.22. The van der Waals surface area contributed by atoms with Crippen LogP contribution in [0.2, 0.25) is 0 Å². The lowest BCUT2D eigenvalue weighted by atomic mass is 9.99. The first kappa shape index (κ1) is 14.0. The zero-order chi connectivity index (χ0) is 13.0. The predicted octanol–water partition coefficient (Wildman–Crippen LogP) is 3.35. The summed E-state index contributed by atoms with van der Waals surface area (Å²) in [5.74, 6) is 0.765. The Morgan fingerprint density at radius 1 is 1.56 bits per heavy atom. The molecule has 102 valence electrons. The molecule has 0 aliphatic carbocycles. The van der Waals surface area contributed by atoms with E-state index in [2.05, 4.69) is 48.5 Å². The topological polar surface area (TPSA) is 15.3 Å². The highest BCUT2D eigenvalue weighted by molar-refractivity contribution is 7.09. The summed E-state index contributed by atoms with van der Waals surface area (Å²) < 4.78 is 0. The van der Waals surface area contributed by atoms with Crippen LogP contribution >= 0.6 is 11.3 Å². The molecule has 2 nitrogen and oxygen atoms in total. The van der Waals surface area contributed by atoms with Gasteiger partial charge in [-0.05, 0) is 37.3 Å². The molecule has 3 atom stereocenters. The summed E-state index contributed by atoms with van der Waals surface area (Å²) in [5, 5.41) is 5.92. The molecule has 0 aromatic carbocycles. The van der Waals surface area contributed by atoms with Crippen molar-refractivity contribution >= 4 is 11.3 Å². The summed E-state index contributed by atoms with van der Waals surface area (Å²) in [6.45, 7) is 10.5. The maximum absolute atomic E-state index is 3.73. The SMILES string of the molecule is CCC(C)C1CN(Cc2cccs2)C(C)CCN1. The lowest BCUT2D eigenvalue weighted by molar-refractivity contribution is 0.182. The zero-order valence-corrected chi connectivity index (χ0v) is 12.7. The quantitative estimate of drug-likeness (QED) is 0.899. The van der Waals surface area contributed by atoms with Gasteiger partial charge in [0.15, 0.2) is 0 Å². The van der Waals surface area contributed by atoms with Gasteiger partial charge < -0.3 is 5.32 Å². The van der Waals surface area contributed by atoms with Gasteiger partial charge in [0, 0.05) is 30.1 Å². The van der Waals surface area contributed by atoms with E-state index in [1.54, 1.807) is 0 Å². The van der Waals surface area contributed by atoms with Gasteiger partial charge in [-0.3, -0.25) is 4.90 Å². The summed E-state index contributed by atoms with van der Waals surface area (Å²) in [4.78, 5) is 4.15. The Balaban J connectivity index is 2.01. The van der Waals surface area contributed by atoms with Crippen LogP contribution in [0.4, 0.5) is 0 Å². The first-order valence-electron chi connectivity index (χ1n) is 7.20. The van der Waals surface area contributed by atoms with Crippen molar-refractivity contribution in [3.63, 3.8) is 0 Å². The van der Waals surface area contributed by atoms with E-state index in [1.165, 1.54) is 24.3 Å². The number of nitrogens with zero attached hydrogens (tertiary/aromatic N) is 1. The second-order valence-corrected chi connectivity index (χ2v) is 6.62. The standard InChI is InChI=1S/C15H26N2S/c1-4-12(2)15-11-17(13(3)7-8-16-15)10-14-6-5-9-18-14/h5-6,9,12-13,15-16H,4,7-8,10-11H2,1-3H3. The van der Waals surface area contributed by atoms with Gasteiger partial charge in [0.05, 0.1) is 0 Å². The summed E-state index contributed by atoms with van der Waals surface area (Å²) in [5.41, 5.74) is 0. The fourth-order valence-electron chi connectivity index (χ4n) is 2.65. The van der Waals surface area contributed by atoms with Crippen molar-refractivity contribution in [1.29, 1.82) is 0 Å². The maximum Gasteiger partial charge on any atom is 0.0331 e. The number of hydrogen-bond acceptors (Lipinski definition) is 3. The molecule has 1 fully saturated rings. The van der Waals surface area contributed by atoms with Gasteiger partial charge in [-0.25, -0.2) is 0 Å². The minimum Gasteiger partial charge on any atom is -0.312 e. The monoisotopic (exact) mass is 266 g/mol. The van der Waals surface area contributed by atoms with Gasteiger partial charge in [-0.2, -0.15) is 0 Å². The molecule has 1 aliphatic rings. The molecule has 18 heavy (non-hydrogen) atoms.